The zero-order valence-electron chi connectivity index (χ0n) is 10.0. The topological polar surface area (TPSA) is 41.1 Å². The lowest BCUT2D eigenvalue weighted by Crippen LogP contribution is -2.37. The van der Waals surface area contributed by atoms with Gasteiger partial charge in [0, 0.05) is 19.1 Å². The molecule has 0 bridgehead atoms. The summed E-state index contributed by atoms with van der Waals surface area (Å²) in [4.78, 5) is 1.98. The van der Waals surface area contributed by atoms with Gasteiger partial charge >= 0.3 is 6.18 Å². The maximum atomic E-state index is 12.4. The van der Waals surface area contributed by atoms with Crippen molar-refractivity contribution in [1.29, 1.82) is 0 Å². The first-order valence-electron chi connectivity index (χ1n) is 5.90. The summed E-state index contributed by atoms with van der Waals surface area (Å²) >= 11 is 0. The van der Waals surface area contributed by atoms with Crippen molar-refractivity contribution in [3.63, 3.8) is 0 Å². The molecule has 0 saturated carbocycles. The van der Waals surface area contributed by atoms with E-state index in [0.29, 0.717) is 12.4 Å². The van der Waals surface area contributed by atoms with Crippen LogP contribution in [0.1, 0.15) is 19.0 Å². The third-order valence-electron chi connectivity index (χ3n) is 3.05. The fraction of sp³-hybridized carbons (Fsp3) is 0.636. The lowest BCUT2D eigenvalue weighted by atomic mass is 10.2. The van der Waals surface area contributed by atoms with E-state index in [9.17, 15) is 13.2 Å². The Kier molecular flexibility index (Phi) is 3.70. The number of anilines is 1. The monoisotopic (exact) mass is 260 g/mol. The zero-order chi connectivity index (χ0) is 13.2. The standard InChI is InChI=1S/C11H15F3N4/c1-2-18(8-5-6-15-7-8)10-4-3-9(16-17-10)11(12,13)14/h3-4,8,15H,2,5-7H2,1H3. The molecule has 2 rings (SSSR count). The van der Waals surface area contributed by atoms with Gasteiger partial charge in [-0.25, -0.2) is 0 Å². The van der Waals surface area contributed by atoms with Gasteiger partial charge in [-0.3, -0.25) is 0 Å². The second kappa shape index (κ2) is 5.09. The molecule has 1 aliphatic rings. The molecule has 1 atom stereocenters. The molecule has 7 heteroatoms. The summed E-state index contributed by atoms with van der Waals surface area (Å²) in [5.74, 6) is 0.499. The summed E-state index contributed by atoms with van der Waals surface area (Å²) in [6, 6.07) is 2.64. The van der Waals surface area contributed by atoms with Crippen LogP contribution in [-0.4, -0.2) is 35.9 Å². The quantitative estimate of drug-likeness (QED) is 0.897. The van der Waals surface area contributed by atoms with Gasteiger partial charge in [0.25, 0.3) is 0 Å². The number of alkyl halides is 3. The van der Waals surface area contributed by atoms with Crippen LogP contribution in [0.3, 0.4) is 0 Å². The third-order valence-corrected chi connectivity index (χ3v) is 3.05. The van der Waals surface area contributed by atoms with Gasteiger partial charge in [-0.2, -0.15) is 13.2 Å². The van der Waals surface area contributed by atoms with Crippen LogP contribution in [0.4, 0.5) is 19.0 Å². The Morgan fingerprint density at radius 1 is 1.39 bits per heavy atom. The normalized spacial score (nSPS) is 20.1. The van der Waals surface area contributed by atoms with E-state index in [2.05, 4.69) is 15.5 Å². The Balaban J connectivity index is 2.16. The lowest BCUT2D eigenvalue weighted by Gasteiger charge is -2.27. The lowest BCUT2D eigenvalue weighted by molar-refractivity contribution is -0.141. The largest absolute Gasteiger partial charge is 0.435 e. The van der Waals surface area contributed by atoms with Crippen molar-refractivity contribution >= 4 is 5.82 Å². The highest BCUT2D eigenvalue weighted by molar-refractivity contribution is 5.39. The number of nitrogens with zero attached hydrogens (tertiary/aromatic N) is 3. The average molecular weight is 260 g/mol. The molecule has 2 heterocycles. The molecule has 1 unspecified atom stereocenters. The summed E-state index contributed by atoms with van der Waals surface area (Å²) in [5.41, 5.74) is -0.952. The van der Waals surface area contributed by atoms with Gasteiger partial charge in [0.05, 0.1) is 0 Å². The van der Waals surface area contributed by atoms with Crippen molar-refractivity contribution < 1.29 is 13.2 Å². The second-order valence-electron chi connectivity index (χ2n) is 4.21. The van der Waals surface area contributed by atoms with Crippen molar-refractivity contribution in [2.45, 2.75) is 25.6 Å². The molecule has 1 N–H and O–H groups in total. The summed E-state index contributed by atoms with van der Waals surface area (Å²) < 4.78 is 37.1. The molecule has 1 fully saturated rings. The third kappa shape index (κ3) is 2.72. The smallest absolute Gasteiger partial charge is 0.351 e. The van der Waals surface area contributed by atoms with E-state index in [-0.39, 0.29) is 6.04 Å². The highest BCUT2D eigenvalue weighted by Gasteiger charge is 2.33. The van der Waals surface area contributed by atoms with Crippen LogP contribution in [0, 0.1) is 0 Å². The van der Waals surface area contributed by atoms with Crippen molar-refractivity contribution in [2.24, 2.45) is 0 Å². The minimum absolute atomic E-state index is 0.279. The maximum absolute atomic E-state index is 12.4. The first-order valence-corrected chi connectivity index (χ1v) is 5.90. The summed E-state index contributed by atoms with van der Waals surface area (Å²) in [5, 5.41) is 10.2. The van der Waals surface area contributed by atoms with Gasteiger partial charge < -0.3 is 10.2 Å². The molecule has 1 aromatic heterocycles. The van der Waals surface area contributed by atoms with Crippen LogP contribution in [0.2, 0.25) is 0 Å². The number of rotatable bonds is 3. The van der Waals surface area contributed by atoms with Gasteiger partial charge in [-0.15, -0.1) is 10.2 Å². The molecule has 1 aliphatic heterocycles. The summed E-state index contributed by atoms with van der Waals surface area (Å²) in [6.07, 6.45) is -3.46. The SMILES string of the molecule is CCN(c1ccc(C(F)(F)F)nn1)C1CCNC1. The van der Waals surface area contributed by atoms with E-state index in [1.807, 2.05) is 11.8 Å². The Hall–Kier alpha value is -1.37. The molecular weight excluding hydrogens is 245 g/mol. The number of hydrogen-bond acceptors (Lipinski definition) is 4. The van der Waals surface area contributed by atoms with Gasteiger partial charge in [-0.1, -0.05) is 0 Å². The average Bonchev–Trinajstić information content (AvgIpc) is 2.83. The zero-order valence-corrected chi connectivity index (χ0v) is 10.0. The summed E-state index contributed by atoms with van der Waals surface area (Å²) in [7, 11) is 0. The van der Waals surface area contributed by atoms with E-state index in [0.717, 1.165) is 25.6 Å². The number of halogens is 3. The Labute approximate surface area is 103 Å². The van der Waals surface area contributed by atoms with Gasteiger partial charge in [-0.05, 0) is 32.0 Å². The van der Waals surface area contributed by atoms with E-state index < -0.39 is 11.9 Å². The second-order valence-corrected chi connectivity index (χ2v) is 4.21. The molecule has 4 nitrogen and oxygen atoms in total. The molecule has 0 radical (unpaired) electrons. The maximum Gasteiger partial charge on any atom is 0.435 e. The molecule has 1 aromatic rings. The van der Waals surface area contributed by atoms with Crippen LogP contribution in [0.5, 0.6) is 0 Å². The molecule has 0 amide bonds. The number of hydrogen-bond donors (Lipinski definition) is 1. The fourth-order valence-electron chi connectivity index (χ4n) is 2.14. The number of aromatic nitrogens is 2. The van der Waals surface area contributed by atoms with E-state index >= 15 is 0 Å². The highest BCUT2D eigenvalue weighted by atomic mass is 19.4. The van der Waals surface area contributed by atoms with Crippen molar-refractivity contribution in [2.75, 3.05) is 24.5 Å². The predicted octanol–water partition coefficient (Wildman–Crippen LogP) is 1.68. The van der Waals surface area contributed by atoms with E-state index in [1.165, 1.54) is 6.07 Å². The van der Waals surface area contributed by atoms with Gasteiger partial charge in [0.1, 0.15) is 0 Å². The van der Waals surface area contributed by atoms with Crippen molar-refractivity contribution in [3.8, 4) is 0 Å². The van der Waals surface area contributed by atoms with Crippen molar-refractivity contribution in [1.82, 2.24) is 15.5 Å². The van der Waals surface area contributed by atoms with Gasteiger partial charge in [0.2, 0.25) is 0 Å². The minimum atomic E-state index is -4.43. The molecule has 18 heavy (non-hydrogen) atoms. The molecule has 0 aromatic carbocycles. The molecule has 100 valence electrons. The van der Waals surface area contributed by atoms with Crippen LogP contribution >= 0.6 is 0 Å². The molecular formula is C11H15F3N4. The Morgan fingerprint density at radius 3 is 2.61 bits per heavy atom. The minimum Gasteiger partial charge on any atom is -0.351 e. The van der Waals surface area contributed by atoms with E-state index in [1.54, 1.807) is 0 Å². The van der Waals surface area contributed by atoms with Crippen LogP contribution < -0.4 is 10.2 Å². The first-order chi connectivity index (χ1) is 8.52. The predicted molar refractivity (Wildman–Crippen MR) is 61.3 cm³/mol. The van der Waals surface area contributed by atoms with Crippen LogP contribution in [0.25, 0.3) is 0 Å². The first kappa shape index (κ1) is 13.1. The Morgan fingerprint density at radius 2 is 2.17 bits per heavy atom. The fourth-order valence-corrected chi connectivity index (χ4v) is 2.14. The Bertz CT molecular complexity index is 384. The van der Waals surface area contributed by atoms with Crippen molar-refractivity contribution in [3.05, 3.63) is 17.8 Å². The van der Waals surface area contributed by atoms with Gasteiger partial charge in [0.15, 0.2) is 11.5 Å². The molecule has 1 saturated heterocycles. The number of nitrogens with one attached hydrogen (secondary N) is 1. The number of likely N-dealkylation sites (N-methyl/N-ethyl adjacent to an activating group) is 1. The highest BCUT2D eigenvalue weighted by Crippen LogP contribution is 2.28. The molecule has 0 spiro atoms. The van der Waals surface area contributed by atoms with Crippen LogP contribution in [0.15, 0.2) is 12.1 Å². The molecule has 0 aliphatic carbocycles. The van der Waals surface area contributed by atoms with Crippen LogP contribution in [-0.2, 0) is 6.18 Å². The van der Waals surface area contributed by atoms with E-state index in [4.69, 9.17) is 0 Å². The summed E-state index contributed by atoms with van der Waals surface area (Å²) in [6.45, 7) is 4.41.